The van der Waals surface area contributed by atoms with Crippen molar-refractivity contribution < 1.29 is 65.9 Å². The van der Waals surface area contributed by atoms with Gasteiger partial charge in [0.05, 0.1) is 72.9 Å². The standard InChI is InChI=1S/C54H26F15N3/c55-50(56,57)33-12-13-40(49(26-33)72-45-8-4-2-6-39(45)43-23-30(11-16-48(43)72)32-20-36(53(64,65)66)25-37(21-32)54(67,68)69)41-17-28(27-70)9-14-46(41)71-44-7-3-1-5-38(44)42-22-29(10-15-47(42)71)31-18-34(51(58,59)60)24-35(19-31)52(61,62)63/h1-26H. The van der Waals surface area contributed by atoms with Crippen LogP contribution in [-0.2, 0) is 30.9 Å². The average Bonchev–Trinajstić information content (AvgIpc) is 3.84. The van der Waals surface area contributed by atoms with Crippen molar-refractivity contribution in [2.24, 2.45) is 0 Å². The molecule has 18 heteroatoms. The number of aromatic nitrogens is 2. The second-order valence-corrected chi connectivity index (χ2v) is 16.8. The van der Waals surface area contributed by atoms with Crippen LogP contribution in [0.3, 0.4) is 0 Å². The van der Waals surface area contributed by atoms with E-state index in [1.54, 1.807) is 53.1 Å². The summed E-state index contributed by atoms with van der Waals surface area (Å²) in [4.78, 5) is 0. The van der Waals surface area contributed by atoms with Crippen LogP contribution < -0.4 is 0 Å². The number of hydrogen-bond donors (Lipinski definition) is 0. The van der Waals surface area contributed by atoms with Gasteiger partial charge in [-0.15, -0.1) is 0 Å². The number of benzene rings is 8. The molecule has 10 aromatic rings. The molecule has 72 heavy (non-hydrogen) atoms. The minimum absolute atomic E-state index is 0.00421. The van der Waals surface area contributed by atoms with Gasteiger partial charge < -0.3 is 9.13 Å². The maximum atomic E-state index is 14.8. The van der Waals surface area contributed by atoms with Crippen LogP contribution in [0, 0.1) is 11.3 Å². The third-order valence-electron chi connectivity index (χ3n) is 12.4. The lowest BCUT2D eigenvalue weighted by Gasteiger charge is -2.20. The number of alkyl halides is 15. The Morgan fingerprint density at radius 2 is 0.708 bits per heavy atom. The summed E-state index contributed by atoms with van der Waals surface area (Å²) < 4.78 is 215. The first kappa shape index (κ1) is 47.5. The van der Waals surface area contributed by atoms with Gasteiger partial charge in [-0.25, -0.2) is 0 Å². The molecule has 362 valence electrons. The minimum atomic E-state index is -5.16. The van der Waals surface area contributed by atoms with Gasteiger partial charge in [-0.1, -0.05) is 54.6 Å². The molecular weight excluding hydrogens is 976 g/mol. The van der Waals surface area contributed by atoms with Crippen molar-refractivity contribution in [2.75, 3.05) is 0 Å². The van der Waals surface area contributed by atoms with Gasteiger partial charge in [-0.05, 0) is 125 Å². The summed E-state index contributed by atoms with van der Waals surface area (Å²) in [6.07, 6.45) is -25.5. The lowest BCUT2D eigenvalue weighted by Crippen LogP contribution is -2.11. The molecule has 0 atom stereocenters. The minimum Gasteiger partial charge on any atom is -0.309 e. The number of nitrogens with zero attached hydrogens (tertiary/aromatic N) is 3. The summed E-state index contributed by atoms with van der Waals surface area (Å²) in [5.41, 5.74) is -6.45. The highest BCUT2D eigenvalue weighted by molar-refractivity contribution is 6.13. The van der Waals surface area contributed by atoms with E-state index >= 15 is 0 Å². The van der Waals surface area contributed by atoms with E-state index < -0.39 is 64.3 Å². The molecule has 0 saturated heterocycles. The second kappa shape index (κ2) is 16.4. The van der Waals surface area contributed by atoms with Gasteiger partial charge in [0.1, 0.15) is 0 Å². The quantitative estimate of drug-likeness (QED) is 0.158. The van der Waals surface area contributed by atoms with Crippen LogP contribution in [0.1, 0.15) is 33.4 Å². The van der Waals surface area contributed by atoms with E-state index in [-0.39, 0.29) is 73.3 Å². The van der Waals surface area contributed by atoms with E-state index in [2.05, 4.69) is 0 Å². The molecule has 8 aromatic carbocycles. The fourth-order valence-electron chi connectivity index (χ4n) is 9.20. The SMILES string of the molecule is N#Cc1ccc(-n2c3ccccc3c3cc(-c4cc(C(F)(F)F)cc(C(F)(F)F)c4)ccc32)c(-c2ccc(C(F)(F)F)cc2-n2c3ccccc3c3cc(-c4cc(C(F)(F)F)cc(C(F)(F)F)c4)ccc32)c1. The van der Waals surface area contributed by atoms with Crippen LogP contribution in [0.4, 0.5) is 65.9 Å². The number of para-hydroxylation sites is 2. The Morgan fingerprint density at radius 1 is 0.306 bits per heavy atom. The van der Waals surface area contributed by atoms with Crippen LogP contribution in [0.5, 0.6) is 0 Å². The second-order valence-electron chi connectivity index (χ2n) is 16.8. The van der Waals surface area contributed by atoms with Crippen molar-refractivity contribution in [2.45, 2.75) is 30.9 Å². The van der Waals surface area contributed by atoms with Crippen molar-refractivity contribution in [1.82, 2.24) is 9.13 Å². The molecule has 0 unspecified atom stereocenters. The Morgan fingerprint density at radius 3 is 1.12 bits per heavy atom. The Hall–Kier alpha value is -8.20. The lowest BCUT2D eigenvalue weighted by atomic mass is 9.96. The van der Waals surface area contributed by atoms with E-state index in [0.29, 0.717) is 51.5 Å². The maximum Gasteiger partial charge on any atom is 0.416 e. The van der Waals surface area contributed by atoms with E-state index in [1.165, 1.54) is 65.2 Å². The van der Waals surface area contributed by atoms with Crippen LogP contribution in [0.25, 0.3) is 88.4 Å². The van der Waals surface area contributed by atoms with Crippen molar-refractivity contribution in [3.8, 4) is 50.8 Å². The largest absolute Gasteiger partial charge is 0.416 e. The highest BCUT2D eigenvalue weighted by Gasteiger charge is 2.39. The number of nitriles is 1. The summed E-state index contributed by atoms with van der Waals surface area (Å²) >= 11 is 0. The van der Waals surface area contributed by atoms with Gasteiger partial charge >= 0.3 is 30.9 Å². The number of rotatable bonds is 5. The van der Waals surface area contributed by atoms with Gasteiger partial charge in [0.25, 0.3) is 0 Å². The Balaban J connectivity index is 1.22. The molecule has 0 spiro atoms. The fourth-order valence-corrected chi connectivity index (χ4v) is 9.20. The zero-order valence-corrected chi connectivity index (χ0v) is 36.0. The van der Waals surface area contributed by atoms with Crippen LogP contribution in [-0.4, -0.2) is 9.13 Å². The van der Waals surface area contributed by atoms with Gasteiger partial charge in [-0.2, -0.15) is 71.1 Å². The highest BCUT2D eigenvalue weighted by atomic mass is 19.4. The topological polar surface area (TPSA) is 33.6 Å². The zero-order valence-electron chi connectivity index (χ0n) is 36.0. The molecular formula is C54H26F15N3. The summed E-state index contributed by atoms with van der Waals surface area (Å²) in [5.74, 6) is 0. The average molecular weight is 1000 g/mol. The third-order valence-corrected chi connectivity index (χ3v) is 12.4. The number of fused-ring (bicyclic) bond motifs is 6. The summed E-state index contributed by atoms with van der Waals surface area (Å²) in [7, 11) is 0. The Kier molecular flexibility index (Phi) is 10.8. The van der Waals surface area contributed by atoms with Crippen molar-refractivity contribution in [3.05, 3.63) is 191 Å². The molecule has 2 heterocycles. The molecule has 0 N–H and O–H groups in total. The van der Waals surface area contributed by atoms with Gasteiger partial charge in [0.15, 0.2) is 0 Å². The predicted molar refractivity (Wildman–Crippen MR) is 241 cm³/mol. The fraction of sp³-hybridized carbons (Fsp3) is 0.0926. The smallest absolute Gasteiger partial charge is 0.309 e. The van der Waals surface area contributed by atoms with Crippen molar-refractivity contribution in [3.63, 3.8) is 0 Å². The first-order valence-corrected chi connectivity index (χ1v) is 21.2. The van der Waals surface area contributed by atoms with Crippen molar-refractivity contribution in [1.29, 1.82) is 5.26 Å². The molecule has 0 amide bonds. The van der Waals surface area contributed by atoms with Gasteiger partial charge in [0.2, 0.25) is 0 Å². The molecule has 0 aliphatic rings. The van der Waals surface area contributed by atoms with E-state index in [0.717, 1.165) is 12.1 Å². The van der Waals surface area contributed by atoms with Crippen LogP contribution >= 0.6 is 0 Å². The summed E-state index contributed by atoms with van der Waals surface area (Å²) in [5, 5.41) is 11.6. The predicted octanol–water partition coefficient (Wildman–Crippen LogP) is 17.8. The first-order valence-electron chi connectivity index (χ1n) is 21.2. The van der Waals surface area contributed by atoms with E-state index in [4.69, 9.17) is 0 Å². The molecule has 3 nitrogen and oxygen atoms in total. The maximum absolute atomic E-state index is 14.8. The highest BCUT2D eigenvalue weighted by Crippen LogP contribution is 2.46. The molecule has 0 aliphatic carbocycles. The lowest BCUT2D eigenvalue weighted by molar-refractivity contribution is -0.144. The van der Waals surface area contributed by atoms with Crippen LogP contribution in [0.15, 0.2) is 158 Å². The number of halogens is 15. The molecule has 0 radical (unpaired) electrons. The first-order chi connectivity index (χ1) is 33.8. The Labute approximate surface area is 395 Å². The third kappa shape index (κ3) is 8.31. The molecule has 2 aromatic heterocycles. The molecule has 0 fully saturated rings. The summed E-state index contributed by atoms with van der Waals surface area (Å²) in [6.45, 7) is 0. The van der Waals surface area contributed by atoms with Gasteiger partial charge in [-0.3, -0.25) is 0 Å². The molecule has 0 bridgehead atoms. The zero-order chi connectivity index (χ0) is 51.4. The molecule has 10 rings (SSSR count). The molecule has 0 saturated carbocycles. The summed E-state index contributed by atoms with van der Waals surface area (Å²) in [6, 6.07) is 32.8. The molecule has 0 aliphatic heterocycles. The van der Waals surface area contributed by atoms with Gasteiger partial charge in [0, 0.05) is 32.7 Å². The Bertz CT molecular complexity index is 3810. The van der Waals surface area contributed by atoms with E-state index in [1.807, 2.05) is 6.07 Å². The van der Waals surface area contributed by atoms with E-state index in [9.17, 15) is 71.1 Å². The van der Waals surface area contributed by atoms with Crippen molar-refractivity contribution >= 4 is 43.6 Å². The van der Waals surface area contributed by atoms with Crippen LogP contribution in [0.2, 0.25) is 0 Å². The monoisotopic (exact) mass is 1000 g/mol. The normalized spacial score (nSPS) is 12.9. The number of hydrogen-bond acceptors (Lipinski definition) is 1.